The first-order valence-electron chi connectivity index (χ1n) is 5.75. The topological polar surface area (TPSA) is 92.2 Å². The second kappa shape index (κ2) is 8.08. The van der Waals surface area contributed by atoms with Crippen LogP contribution in [-0.4, -0.2) is 24.0 Å². The van der Waals surface area contributed by atoms with E-state index < -0.39 is 0 Å². The normalized spacial score (nSPS) is 11.8. The van der Waals surface area contributed by atoms with Crippen molar-refractivity contribution in [2.45, 2.75) is 19.8 Å². The molecule has 0 bridgehead atoms. The molecule has 0 aromatic heterocycles. The first kappa shape index (κ1) is 14.0. The molecule has 1 rings (SSSR count). The Bertz CT molecular complexity index is 418. The molecule has 0 atom stereocenters. The summed E-state index contributed by atoms with van der Waals surface area (Å²) < 4.78 is 5.56. The Balaban J connectivity index is 2.59. The van der Waals surface area contributed by atoms with Gasteiger partial charge >= 0.3 is 0 Å². The fourth-order valence-corrected chi connectivity index (χ4v) is 1.20. The average Bonchev–Trinajstić information content (AvgIpc) is 2.39. The highest BCUT2D eigenvalue weighted by Gasteiger charge is 1.94. The summed E-state index contributed by atoms with van der Waals surface area (Å²) in [6, 6.07) is 7.49. The highest BCUT2D eigenvalue weighted by Crippen LogP contribution is 2.12. The lowest BCUT2D eigenvalue weighted by molar-refractivity contribution is 0.232. The number of ether oxygens (including phenoxy) is 1. The van der Waals surface area contributed by atoms with Crippen LogP contribution in [0.15, 0.2) is 34.5 Å². The van der Waals surface area contributed by atoms with Crippen molar-refractivity contribution < 1.29 is 9.94 Å². The molecule has 0 fully saturated rings. The van der Waals surface area contributed by atoms with E-state index in [2.05, 4.69) is 17.1 Å². The molecule has 0 saturated heterocycles. The van der Waals surface area contributed by atoms with Gasteiger partial charge in [0.05, 0.1) is 12.8 Å². The van der Waals surface area contributed by atoms with Gasteiger partial charge in [0.25, 0.3) is 0 Å². The van der Waals surface area contributed by atoms with Crippen molar-refractivity contribution >= 4 is 12.2 Å². The SMILES string of the molecule is CCCCOc1cccc(/C=N\N=C(\N)NO)c1. The summed E-state index contributed by atoms with van der Waals surface area (Å²) in [5, 5.41) is 15.6. The molecule has 0 unspecified atom stereocenters. The number of guanidine groups is 1. The largest absolute Gasteiger partial charge is 0.494 e. The van der Waals surface area contributed by atoms with E-state index in [-0.39, 0.29) is 5.96 Å². The zero-order valence-electron chi connectivity index (χ0n) is 10.3. The second-order valence-electron chi connectivity index (χ2n) is 3.62. The summed E-state index contributed by atoms with van der Waals surface area (Å²) in [6.07, 6.45) is 3.65. The molecule has 6 heteroatoms. The van der Waals surface area contributed by atoms with Crippen molar-refractivity contribution in [3.05, 3.63) is 29.8 Å². The van der Waals surface area contributed by atoms with E-state index in [1.54, 1.807) is 5.48 Å². The molecule has 98 valence electrons. The van der Waals surface area contributed by atoms with Crippen LogP contribution in [0.2, 0.25) is 0 Å². The molecule has 0 saturated carbocycles. The van der Waals surface area contributed by atoms with Gasteiger partial charge in [0, 0.05) is 0 Å². The molecule has 0 radical (unpaired) electrons. The molecule has 18 heavy (non-hydrogen) atoms. The van der Waals surface area contributed by atoms with Gasteiger partial charge in [-0.05, 0) is 24.1 Å². The maximum Gasteiger partial charge on any atom is 0.237 e. The second-order valence-corrected chi connectivity index (χ2v) is 3.62. The van der Waals surface area contributed by atoms with E-state index in [4.69, 9.17) is 15.7 Å². The van der Waals surface area contributed by atoms with E-state index in [0.717, 1.165) is 24.2 Å². The monoisotopic (exact) mass is 250 g/mol. The van der Waals surface area contributed by atoms with E-state index in [1.807, 2.05) is 24.3 Å². The third-order valence-electron chi connectivity index (χ3n) is 2.11. The van der Waals surface area contributed by atoms with E-state index in [0.29, 0.717) is 6.61 Å². The number of hydroxylamine groups is 1. The van der Waals surface area contributed by atoms with Crippen LogP contribution in [0.5, 0.6) is 5.75 Å². The first-order valence-corrected chi connectivity index (χ1v) is 5.75. The zero-order valence-corrected chi connectivity index (χ0v) is 10.3. The van der Waals surface area contributed by atoms with Gasteiger partial charge in [0.15, 0.2) is 0 Å². The Morgan fingerprint density at radius 2 is 2.39 bits per heavy atom. The molecular weight excluding hydrogens is 232 g/mol. The van der Waals surface area contributed by atoms with Gasteiger partial charge in [-0.2, -0.15) is 5.10 Å². The Kier molecular flexibility index (Phi) is 6.27. The maximum absolute atomic E-state index is 8.40. The minimum absolute atomic E-state index is 0.165. The molecule has 0 spiro atoms. The van der Waals surface area contributed by atoms with Crippen LogP contribution in [-0.2, 0) is 0 Å². The lowest BCUT2D eigenvalue weighted by Gasteiger charge is -2.05. The van der Waals surface area contributed by atoms with E-state index in [1.165, 1.54) is 6.21 Å². The van der Waals surface area contributed by atoms with Crippen molar-refractivity contribution in [1.82, 2.24) is 5.48 Å². The molecule has 4 N–H and O–H groups in total. The maximum atomic E-state index is 8.40. The zero-order chi connectivity index (χ0) is 13.2. The molecule has 0 aliphatic carbocycles. The Morgan fingerprint density at radius 1 is 1.56 bits per heavy atom. The Morgan fingerprint density at radius 3 is 3.11 bits per heavy atom. The van der Waals surface area contributed by atoms with Crippen LogP contribution in [0.1, 0.15) is 25.3 Å². The van der Waals surface area contributed by atoms with Crippen molar-refractivity contribution in [1.29, 1.82) is 0 Å². The van der Waals surface area contributed by atoms with Gasteiger partial charge in [0.2, 0.25) is 5.96 Å². The molecule has 0 aliphatic heterocycles. The van der Waals surface area contributed by atoms with Crippen LogP contribution in [0.25, 0.3) is 0 Å². The van der Waals surface area contributed by atoms with Crippen LogP contribution in [0.4, 0.5) is 0 Å². The van der Waals surface area contributed by atoms with Crippen LogP contribution < -0.4 is 16.0 Å². The number of nitrogens with one attached hydrogen (secondary N) is 1. The number of unbranched alkanes of at least 4 members (excludes halogenated alkanes) is 1. The molecule has 1 aromatic rings. The number of rotatable bonds is 6. The molecule has 0 amide bonds. The quantitative estimate of drug-likeness (QED) is 0.309. The number of benzene rings is 1. The minimum atomic E-state index is -0.165. The lowest BCUT2D eigenvalue weighted by atomic mass is 10.2. The van der Waals surface area contributed by atoms with Gasteiger partial charge in [-0.15, -0.1) is 5.10 Å². The molecule has 6 nitrogen and oxygen atoms in total. The Labute approximate surface area is 106 Å². The summed E-state index contributed by atoms with van der Waals surface area (Å²) in [6.45, 7) is 2.82. The number of hydrogen-bond donors (Lipinski definition) is 3. The third-order valence-corrected chi connectivity index (χ3v) is 2.11. The smallest absolute Gasteiger partial charge is 0.237 e. The van der Waals surface area contributed by atoms with E-state index >= 15 is 0 Å². The van der Waals surface area contributed by atoms with E-state index in [9.17, 15) is 0 Å². The minimum Gasteiger partial charge on any atom is -0.494 e. The van der Waals surface area contributed by atoms with Gasteiger partial charge in [-0.1, -0.05) is 25.5 Å². The molecular formula is C12H18N4O2. The summed E-state index contributed by atoms with van der Waals surface area (Å²) in [5.41, 5.74) is 7.73. The first-order chi connectivity index (χ1) is 8.76. The number of hydrogen-bond acceptors (Lipinski definition) is 4. The number of nitrogens with two attached hydrogens (primary N) is 1. The van der Waals surface area contributed by atoms with Crippen molar-refractivity contribution in [3.63, 3.8) is 0 Å². The number of nitrogens with zero attached hydrogens (tertiary/aromatic N) is 2. The highest BCUT2D eigenvalue weighted by molar-refractivity contribution is 5.82. The fraction of sp³-hybridized carbons (Fsp3) is 0.333. The Hall–Kier alpha value is -2.08. The predicted octanol–water partition coefficient (Wildman–Crippen LogP) is 1.49. The standard InChI is InChI=1S/C12H18N4O2/c1-2-3-7-18-11-6-4-5-10(8-11)9-14-15-12(13)16-17/h4-6,8-9,17H,2-3,7H2,1H3,(H3,13,15,16)/b14-9-. The van der Waals surface area contributed by atoms with Gasteiger partial charge < -0.3 is 10.5 Å². The third kappa shape index (κ3) is 5.31. The molecule has 1 aromatic carbocycles. The summed E-state index contributed by atoms with van der Waals surface area (Å²) >= 11 is 0. The van der Waals surface area contributed by atoms with Crippen molar-refractivity contribution in [2.75, 3.05) is 6.61 Å². The van der Waals surface area contributed by atoms with Crippen LogP contribution in [0, 0.1) is 0 Å². The van der Waals surface area contributed by atoms with Crippen molar-refractivity contribution in [2.24, 2.45) is 15.9 Å². The fourth-order valence-electron chi connectivity index (χ4n) is 1.20. The molecule has 0 aliphatic rings. The summed E-state index contributed by atoms with van der Waals surface area (Å²) in [7, 11) is 0. The van der Waals surface area contributed by atoms with Crippen LogP contribution in [0.3, 0.4) is 0 Å². The van der Waals surface area contributed by atoms with Gasteiger partial charge in [-0.3, -0.25) is 5.21 Å². The molecule has 0 heterocycles. The average molecular weight is 250 g/mol. The summed E-state index contributed by atoms with van der Waals surface area (Å²) in [4.78, 5) is 0. The lowest BCUT2D eigenvalue weighted by Crippen LogP contribution is -2.27. The summed E-state index contributed by atoms with van der Waals surface area (Å²) in [5.74, 6) is 0.631. The van der Waals surface area contributed by atoms with Crippen molar-refractivity contribution in [3.8, 4) is 5.75 Å². The van der Waals surface area contributed by atoms with Crippen LogP contribution >= 0.6 is 0 Å². The van der Waals surface area contributed by atoms with Gasteiger partial charge in [-0.25, -0.2) is 5.48 Å². The predicted molar refractivity (Wildman–Crippen MR) is 71.0 cm³/mol. The van der Waals surface area contributed by atoms with Gasteiger partial charge in [0.1, 0.15) is 5.75 Å². The highest BCUT2D eigenvalue weighted by atomic mass is 16.5.